The van der Waals surface area contributed by atoms with Gasteiger partial charge in [0.05, 0.1) is 25.4 Å². The lowest BCUT2D eigenvalue weighted by Gasteiger charge is -2.26. The van der Waals surface area contributed by atoms with Crippen LogP contribution in [0.4, 0.5) is 0 Å². The third-order valence-corrected chi connectivity index (χ3v) is 5.99. The van der Waals surface area contributed by atoms with Crippen LogP contribution >= 0.6 is 0 Å². The Labute approximate surface area is 163 Å². The molecule has 0 radical (unpaired) electrons. The minimum Gasteiger partial charge on any atom is -0.493 e. The van der Waals surface area contributed by atoms with Gasteiger partial charge in [0.25, 0.3) is 10.2 Å². The van der Waals surface area contributed by atoms with Gasteiger partial charge in [-0.2, -0.15) is 12.7 Å². The van der Waals surface area contributed by atoms with E-state index in [0.29, 0.717) is 24.5 Å². The van der Waals surface area contributed by atoms with Crippen LogP contribution < -0.4 is 14.6 Å². The summed E-state index contributed by atoms with van der Waals surface area (Å²) in [6.45, 7) is 0.648. The number of aromatic nitrogens is 2. The van der Waals surface area contributed by atoms with E-state index in [2.05, 4.69) is 9.97 Å². The molecule has 1 aromatic heterocycles. The van der Waals surface area contributed by atoms with Crippen molar-refractivity contribution >= 4 is 21.1 Å². The van der Waals surface area contributed by atoms with E-state index in [1.165, 1.54) is 10.6 Å². The molecule has 2 N–H and O–H groups in total. The summed E-state index contributed by atoms with van der Waals surface area (Å²) in [7, 11) is -0.517. The molecule has 1 aliphatic rings. The van der Waals surface area contributed by atoms with Gasteiger partial charge in [0.15, 0.2) is 11.5 Å². The van der Waals surface area contributed by atoms with Gasteiger partial charge in [0.2, 0.25) is 0 Å². The summed E-state index contributed by atoms with van der Waals surface area (Å²) >= 11 is 0. The molecular formula is C19H20N4O4S. The van der Waals surface area contributed by atoms with E-state index in [1.807, 2.05) is 30.3 Å². The Hall–Kier alpha value is -2.75. The van der Waals surface area contributed by atoms with Gasteiger partial charge in [0.1, 0.15) is 6.33 Å². The fourth-order valence-electron chi connectivity index (χ4n) is 3.50. The zero-order valence-electron chi connectivity index (χ0n) is 15.5. The molecular weight excluding hydrogens is 380 g/mol. The molecule has 0 bridgehead atoms. The Morgan fingerprint density at radius 2 is 1.79 bits per heavy atom. The number of nitrogens with zero attached hydrogens (tertiary/aromatic N) is 3. The molecule has 0 unspecified atom stereocenters. The first-order chi connectivity index (χ1) is 13.4. The molecule has 28 heavy (non-hydrogen) atoms. The summed E-state index contributed by atoms with van der Waals surface area (Å²) in [4.78, 5) is 8.82. The molecule has 8 nitrogen and oxygen atoms in total. The maximum absolute atomic E-state index is 11.6. The highest BCUT2D eigenvalue weighted by Gasteiger charge is 2.24. The fourth-order valence-corrected chi connectivity index (χ4v) is 4.17. The van der Waals surface area contributed by atoms with Gasteiger partial charge in [-0.3, -0.25) is 0 Å². The van der Waals surface area contributed by atoms with Crippen LogP contribution in [0.15, 0.2) is 36.7 Å². The molecule has 2 aromatic carbocycles. The molecule has 9 heteroatoms. The quantitative estimate of drug-likeness (QED) is 0.716. The van der Waals surface area contributed by atoms with Gasteiger partial charge in [-0.1, -0.05) is 12.1 Å². The van der Waals surface area contributed by atoms with E-state index < -0.39 is 10.2 Å². The number of hydrogen-bond donors (Lipinski definition) is 1. The summed E-state index contributed by atoms with van der Waals surface area (Å²) in [5.41, 5.74) is 4.50. The van der Waals surface area contributed by atoms with E-state index in [9.17, 15) is 8.42 Å². The fraction of sp³-hybridized carbons (Fsp3) is 0.263. The second kappa shape index (κ2) is 7.01. The number of rotatable bonds is 4. The topological polar surface area (TPSA) is 108 Å². The average Bonchev–Trinajstić information content (AvgIpc) is 2.70. The first kappa shape index (κ1) is 18.6. The minimum atomic E-state index is -3.69. The number of hydrogen-bond acceptors (Lipinski definition) is 6. The zero-order valence-corrected chi connectivity index (χ0v) is 16.4. The Kier molecular flexibility index (Phi) is 4.66. The predicted molar refractivity (Wildman–Crippen MR) is 105 cm³/mol. The number of fused-ring (bicyclic) bond motifs is 2. The van der Waals surface area contributed by atoms with Crippen molar-refractivity contribution < 1.29 is 17.9 Å². The van der Waals surface area contributed by atoms with E-state index >= 15 is 0 Å². The standard InChI is InChI=1S/C19H20N4O4S/c1-26-17-8-15-16(9-18(17)27-2)21-11-22-19(15)13-3-4-14-10-23(28(20,24)25)6-5-12(14)7-13/h3-4,7-9,11H,5-6,10H2,1-2H3,(H2,20,24,25). The number of ether oxygens (including phenoxy) is 2. The Morgan fingerprint density at radius 3 is 2.50 bits per heavy atom. The van der Waals surface area contributed by atoms with Crippen molar-refractivity contribution in [1.82, 2.24) is 14.3 Å². The molecule has 0 saturated heterocycles. The lowest BCUT2D eigenvalue weighted by Crippen LogP contribution is -2.40. The highest BCUT2D eigenvalue weighted by Crippen LogP contribution is 2.36. The summed E-state index contributed by atoms with van der Waals surface area (Å²) in [5, 5.41) is 6.11. The monoisotopic (exact) mass is 400 g/mol. The summed E-state index contributed by atoms with van der Waals surface area (Å²) < 4.78 is 35.3. The van der Waals surface area contributed by atoms with Gasteiger partial charge in [-0.05, 0) is 29.7 Å². The molecule has 1 aliphatic heterocycles. The van der Waals surface area contributed by atoms with E-state index in [4.69, 9.17) is 14.6 Å². The largest absolute Gasteiger partial charge is 0.493 e. The summed E-state index contributed by atoms with van der Waals surface area (Å²) in [5.74, 6) is 1.21. The van der Waals surface area contributed by atoms with E-state index in [0.717, 1.165) is 33.3 Å². The highest BCUT2D eigenvalue weighted by molar-refractivity contribution is 7.86. The van der Waals surface area contributed by atoms with Crippen molar-refractivity contribution in [1.29, 1.82) is 0 Å². The summed E-state index contributed by atoms with van der Waals surface area (Å²) in [6.07, 6.45) is 2.12. The van der Waals surface area contributed by atoms with Crippen LogP contribution in [-0.4, -0.2) is 43.5 Å². The summed E-state index contributed by atoms with van der Waals surface area (Å²) in [6, 6.07) is 9.60. The lowest BCUT2D eigenvalue weighted by atomic mass is 9.96. The molecule has 0 amide bonds. The molecule has 0 fully saturated rings. The van der Waals surface area contributed by atoms with Gasteiger partial charge in [-0.25, -0.2) is 15.1 Å². The van der Waals surface area contributed by atoms with Crippen LogP contribution in [-0.2, 0) is 23.2 Å². The minimum absolute atomic E-state index is 0.282. The van der Waals surface area contributed by atoms with Crippen LogP contribution in [0.25, 0.3) is 22.2 Å². The van der Waals surface area contributed by atoms with Crippen LogP contribution in [0.5, 0.6) is 11.5 Å². The Morgan fingerprint density at radius 1 is 1.04 bits per heavy atom. The van der Waals surface area contributed by atoms with Crippen molar-refractivity contribution in [3.8, 4) is 22.8 Å². The highest BCUT2D eigenvalue weighted by atomic mass is 32.2. The second-order valence-electron chi connectivity index (χ2n) is 6.56. The van der Waals surface area contributed by atoms with Gasteiger partial charge in [0, 0.05) is 30.1 Å². The van der Waals surface area contributed by atoms with Crippen molar-refractivity contribution in [3.05, 3.63) is 47.8 Å². The van der Waals surface area contributed by atoms with Gasteiger partial charge < -0.3 is 9.47 Å². The van der Waals surface area contributed by atoms with Crippen molar-refractivity contribution in [2.75, 3.05) is 20.8 Å². The molecule has 3 aromatic rings. The van der Waals surface area contributed by atoms with Gasteiger partial charge in [-0.15, -0.1) is 0 Å². The molecule has 4 rings (SSSR count). The Balaban J connectivity index is 1.79. The molecule has 2 heterocycles. The molecule has 0 atom stereocenters. The van der Waals surface area contributed by atoms with E-state index in [-0.39, 0.29) is 6.54 Å². The van der Waals surface area contributed by atoms with Crippen molar-refractivity contribution in [2.45, 2.75) is 13.0 Å². The zero-order chi connectivity index (χ0) is 19.9. The third-order valence-electron chi connectivity index (χ3n) is 4.96. The maximum Gasteiger partial charge on any atom is 0.277 e. The first-order valence-corrected chi connectivity index (χ1v) is 10.2. The Bertz CT molecular complexity index is 1160. The van der Waals surface area contributed by atoms with E-state index in [1.54, 1.807) is 14.2 Å². The molecule has 0 saturated carbocycles. The van der Waals surface area contributed by atoms with Crippen LogP contribution in [0.1, 0.15) is 11.1 Å². The molecule has 146 valence electrons. The molecule has 0 aliphatic carbocycles. The maximum atomic E-state index is 11.6. The number of benzene rings is 2. The SMILES string of the molecule is COc1cc2ncnc(-c3ccc4c(c3)CCN(S(N)(=O)=O)C4)c2cc1OC. The van der Waals surface area contributed by atoms with Crippen molar-refractivity contribution in [3.63, 3.8) is 0 Å². The molecule has 0 spiro atoms. The van der Waals surface area contributed by atoms with Crippen LogP contribution in [0.3, 0.4) is 0 Å². The van der Waals surface area contributed by atoms with Crippen LogP contribution in [0, 0.1) is 0 Å². The van der Waals surface area contributed by atoms with Gasteiger partial charge >= 0.3 is 0 Å². The van der Waals surface area contributed by atoms with Crippen LogP contribution in [0.2, 0.25) is 0 Å². The normalized spacial score (nSPS) is 14.7. The third kappa shape index (κ3) is 3.28. The average molecular weight is 400 g/mol. The second-order valence-corrected chi connectivity index (χ2v) is 8.10. The first-order valence-electron chi connectivity index (χ1n) is 8.67. The number of nitrogens with two attached hydrogens (primary N) is 1. The van der Waals surface area contributed by atoms with Crippen molar-refractivity contribution in [2.24, 2.45) is 5.14 Å². The smallest absolute Gasteiger partial charge is 0.277 e. The lowest BCUT2D eigenvalue weighted by molar-refractivity contribution is 0.356. The number of methoxy groups -OCH3 is 2. The predicted octanol–water partition coefficient (Wildman–Crippen LogP) is 1.88.